The Balaban J connectivity index is -0.00000456. The number of rotatable bonds is 51. The Morgan fingerprint density at radius 2 is 0.773 bits per heavy atom. The molecule has 0 fully saturated rings. The Bertz CT molecular complexity index is 1940. The molecule has 28 heteroatoms. The van der Waals surface area contributed by atoms with Crippen LogP contribution in [0.25, 0.3) is 0 Å². The van der Waals surface area contributed by atoms with E-state index >= 15 is 0 Å². The van der Waals surface area contributed by atoms with Crippen molar-refractivity contribution in [3.05, 3.63) is 24.3 Å². The average molecular weight is 1270 g/mol. The molecule has 2 atom stereocenters. The highest BCUT2D eigenvalue weighted by molar-refractivity contribution is 5.92. The van der Waals surface area contributed by atoms with E-state index in [9.17, 15) is 55.1 Å². The van der Waals surface area contributed by atoms with Crippen LogP contribution in [0.4, 0.5) is 26.3 Å². The van der Waals surface area contributed by atoms with Crippen LogP contribution in [-0.4, -0.2) is 138 Å². The summed E-state index contributed by atoms with van der Waals surface area (Å²) in [6.45, 7) is 5.72. The standard InChI is InChI=1S/C56H106N12O6.2C2HF3O2/c1-3-5-7-9-11-13-15-17-19-21-23-25-27-29-31-37-49(69)62-43-45-68(46-44-63-50(70)38-32-30-28-26-24-22-20-18-16-14-12-10-8-6-4-2)52(72)40-39-51(71)66-48(36-34-42-65-56(60)61)54(74)67-47(53(57)73)35-33-41-64-55(58)59;2*3-2(4,5)1(6)7/h17-20,47-48H,3-16,21-46H2,1-2H3,(H2,57,73)(H,62,69)(H,63,70)(H,66,71)(H,67,74)(H4,58,59,64)(H4,60,61,65);2*(H,6,7)/b19-17-,20-18-;;/t47-,48-;;/m0../s1. The molecule has 0 spiro atoms. The number of primary amides is 1. The van der Waals surface area contributed by atoms with E-state index in [1.165, 1.54) is 94.8 Å². The van der Waals surface area contributed by atoms with Gasteiger partial charge in [0.15, 0.2) is 11.9 Å². The van der Waals surface area contributed by atoms with Gasteiger partial charge in [-0.2, -0.15) is 26.3 Å². The van der Waals surface area contributed by atoms with Crippen molar-refractivity contribution in [1.82, 2.24) is 26.2 Å². The number of alkyl halides is 6. The third-order valence-electron chi connectivity index (χ3n) is 13.3. The molecule has 0 rings (SSSR count). The van der Waals surface area contributed by atoms with E-state index in [0.717, 1.165) is 77.0 Å². The molecule has 0 aliphatic heterocycles. The number of carboxylic acid groups (broad SMARTS) is 2. The van der Waals surface area contributed by atoms with Gasteiger partial charge in [-0.1, -0.05) is 141 Å². The summed E-state index contributed by atoms with van der Waals surface area (Å²) in [7, 11) is 0. The van der Waals surface area contributed by atoms with E-state index in [4.69, 9.17) is 48.5 Å². The number of nitrogens with two attached hydrogens (primary N) is 5. The van der Waals surface area contributed by atoms with Crippen LogP contribution < -0.4 is 49.9 Å². The van der Waals surface area contributed by atoms with Gasteiger partial charge < -0.3 is 65.0 Å². The molecule has 0 aliphatic rings. The first-order chi connectivity index (χ1) is 41.7. The van der Waals surface area contributed by atoms with Crippen LogP contribution in [0.2, 0.25) is 0 Å². The first kappa shape index (κ1) is 85.6. The predicted octanol–water partition coefficient (Wildman–Crippen LogP) is 8.73. The minimum absolute atomic E-state index is 0.0841. The molecule has 88 heavy (non-hydrogen) atoms. The van der Waals surface area contributed by atoms with Crippen LogP contribution in [0, 0.1) is 0 Å². The molecule has 0 aromatic rings. The Morgan fingerprint density at radius 3 is 1.10 bits per heavy atom. The molecule has 0 saturated heterocycles. The number of aliphatic imine (C=N–C) groups is 2. The van der Waals surface area contributed by atoms with Gasteiger partial charge in [0.1, 0.15) is 12.1 Å². The molecule has 0 saturated carbocycles. The summed E-state index contributed by atoms with van der Waals surface area (Å²) in [6, 6.07) is -2.13. The molecule has 0 unspecified atom stereocenters. The monoisotopic (exact) mass is 1270 g/mol. The van der Waals surface area contributed by atoms with Gasteiger partial charge >= 0.3 is 24.3 Å². The van der Waals surface area contributed by atoms with Crippen LogP contribution >= 0.6 is 0 Å². The Kier molecular flexibility index (Phi) is 55.3. The number of allylic oxidation sites excluding steroid dienone is 4. The number of nitrogens with zero attached hydrogens (tertiary/aromatic N) is 3. The fourth-order valence-corrected chi connectivity index (χ4v) is 8.39. The zero-order chi connectivity index (χ0) is 66.9. The highest BCUT2D eigenvalue weighted by Crippen LogP contribution is 2.15. The minimum Gasteiger partial charge on any atom is -0.475 e. The molecule has 0 bridgehead atoms. The van der Waals surface area contributed by atoms with Gasteiger partial charge in [0, 0.05) is 65.0 Å². The second kappa shape index (κ2) is 56.8. The van der Waals surface area contributed by atoms with Gasteiger partial charge in [0.25, 0.3) is 0 Å². The van der Waals surface area contributed by atoms with Crippen molar-refractivity contribution in [2.45, 2.75) is 257 Å². The number of guanidine groups is 2. The summed E-state index contributed by atoms with van der Waals surface area (Å²) in [5.41, 5.74) is 27.3. The van der Waals surface area contributed by atoms with Crippen molar-refractivity contribution in [2.75, 3.05) is 39.3 Å². The second-order valence-electron chi connectivity index (χ2n) is 21.3. The number of hydrogen-bond acceptors (Lipinski definition) is 10. The molecule has 6 amide bonds. The van der Waals surface area contributed by atoms with Gasteiger partial charge in [0.2, 0.25) is 35.4 Å². The van der Waals surface area contributed by atoms with Crippen LogP contribution in [-0.2, 0) is 38.4 Å². The molecule has 0 radical (unpaired) electrons. The molecular formula is C60H108F6N12O10. The number of aliphatic carboxylic acids is 2. The smallest absolute Gasteiger partial charge is 0.475 e. The molecule has 16 N–H and O–H groups in total. The highest BCUT2D eigenvalue weighted by atomic mass is 19.4. The van der Waals surface area contributed by atoms with E-state index in [1.54, 1.807) is 0 Å². The fourth-order valence-electron chi connectivity index (χ4n) is 8.39. The fraction of sp³-hybridized carbons (Fsp3) is 0.767. The number of carbonyl (C=O) groups is 8. The summed E-state index contributed by atoms with van der Waals surface area (Å²) >= 11 is 0. The zero-order valence-corrected chi connectivity index (χ0v) is 52.4. The van der Waals surface area contributed by atoms with Crippen LogP contribution in [0.15, 0.2) is 34.3 Å². The normalized spacial score (nSPS) is 11.9. The lowest BCUT2D eigenvalue weighted by atomic mass is 10.1. The maximum atomic E-state index is 13.7. The van der Waals surface area contributed by atoms with E-state index in [2.05, 4.69) is 69.4 Å². The summed E-state index contributed by atoms with van der Waals surface area (Å²) in [5.74, 6) is -8.23. The molecule has 22 nitrogen and oxygen atoms in total. The van der Waals surface area contributed by atoms with E-state index in [0.29, 0.717) is 25.7 Å². The number of amides is 6. The van der Waals surface area contributed by atoms with Crippen molar-refractivity contribution in [3.63, 3.8) is 0 Å². The number of carbonyl (C=O) groups excluding carboxylic acids is 6. The van der Waals surface area contributed by atoms with Gasteiger partial charge in [-0.3, -0.25) is 38.8 Å². The lowest BCUT2D eigenvalue weighted by Crippen LogP contribution is -2.53. The largest absolute Gasteiger partial charge is 0.490 e. The zero-order valence-electron chi connectivity index (χ0n) is 52.4. The molecule has 510 valence electrons. The second-order valence-corrected chi connectivity index (χ2v) is 21.3. The van der Waals surface area contributed by atoms with Crippen LogP contribution in [0.3, 0.4) is 0 Å². The molecular weight excluding hydrogens is 1160 g/mol. The van der Waals surface area contributed by atoms with Crippen molar-refractivity contribution in [1.29, 1.82) is 0 Å². The van der Waals surface area contributed by atoms with Crippen LogP contribution in [0.5, 0.6) is 0 Å². The maximum Gasteiger partial charge on any atom is 0.490 e. The van der Waals surface area contributed by atoms with E-state index in [-0.39, 0.29) is 94.6 Å². The van der Waals surface area contributed by atoms with E-state index in [1.807, 2.05) is 0 Å². The lowest BCUT2D eigenvalue weighted by Gasteiger charge is -2.24. The van der Waals surface area contributed by atoms with Gasteiger partial charge in [-0.05, 0) is 89.9 Å². The highest BCUT2D eigenvalue weighted by Gasteiger charge is 2.39. The average Bonchev–Trinajstić information content (AvgIpc) is 3.49. The summed E-state index contributed by atoms with van der Waals surface area (Å²) in [5, 5.41) is 25.4. The Labute approximate surface area is 517 Å². The molecule has 0 aromatic carbocycles. The molecule has 0 aromatic heterocycles. The lowest BCUT2D eigenvalue weighted by molar-refractivity contribution is -0.193. The quantitative estimate of drug-likeness (QED) is 0.00892. The number of nitrogens with one attached hydrogen (secondary N) is 4. The first-order valence-corrected chi connectivity index (χ1v) is 31.4. The SMILES string of the molecule is CCCCCCCC/C=C\CCCCCCCC(=O)NCCN(CCNC(=O)CCCCCCC/C=C\CCCCCCCC)C(=O)CCC(=O)N[C@@H](CCCN=C(N)N)C(=O)N[C@@H](CCCN=C(N)N)C(N)=O.O=C(O)C(F)(F)F.O=C(O)C(F)(F)F. The number of hydrogen-bond donors (Lipinski definition) is 11. The van der Waals surface area contributed by atoms with Gasteiger partial charge in [0.05, 0.1) is 0 Å². The van der Waals surface area contributed by atoms with Crippen molar-refractivity contribution in [2.24, 2.45) is 38.7 Å². The summed E-state index contributed by atoms with van der Waals surface area (Å²) < 4.78 is 63.5. The Morgan fingerprint density at radius 1 is 0.443 bits per heavy atom. The number of halogens is 6. The van der Waals surface area contributed by atoms with Gasteiger partial charge in [-0.15, -0.1) is 0 Å². The van der Waals surface area contributed by atoms with E-state index < -0.39 is 54.1 Å². The number of unbranched alkanes of at least 4 members (excludes halogenated alkanes) is 22. The first-order valence-electron chi connectivity index (χ1n) is 31.4. The van der Waals surface area contributed by atoms with Crippen LogP contribution in [0.1, 0.15) is 232 Å². The molecule has 0 aliphatic carbocycles. The topological polar surface area (TPSA) is 383 Å². The van der Waals surface area contributed by atoms with Crippen molar-refractivity contribution in [3.8, 4) is 0 Å². The van der Waals surface area contributed by atoms with Gasteiger partial charge in [-0.25, -0.2) is 9.59 Å². The predicted molar refractivity (Wildman–Crippen MR) is 331 cm³/mol. The third kappa shape index (κ3) is 59.7. The Hall–Kier alpha value is -6.64. The maximum absolute atomic E-state index is 13.7. The summed E-state index contributed by atoms with van der Waals surface area (Å²) in [6.07, 6.45) is 31.0. The number of carboxylic acids is 2. The third-order valence-corrected chi connectivity index (χ3v) is 13.3. The molecule has 0 heterocycles. The van der Waals surface area contributed by atoms with Crippen molar-refractivity contribution < 1.29 is 74.9 Å². The minimum atomic E-state index is -5.08. The van der Waals surface area contributed by atoms with Crippen molar-refractivity contribution >= 4 is 59.3 Å². The summed E-state index contributed by atoms with van der Waals surface area (Å²) in [4.78, 5) is 105.